The number of rotatable bonds is 1. The SMILES string of the molecule is O=C1NS(=O)(=O)CC(CO)CCCC[C@H](O)[C@@H]2CC[C@H]2CN2C[C@@]3(CCCc4cc(Cl)ccc43)COc3ccc1cc32. The van der Waals surface area contributed by atoms with E-state index in [1.165, 1.54) is 11.1 Å². The number of carbonyl (C=O) groups excluding carboxylic acids is 1. The normalized spacial score (nSPS) is 31.4. The molecule has 8 nitrogen and oxygen atoms in total. The van der Waals surface area contributed by atoms with Crippen molar-refractivity contribution in [1.29, 1.82) is 0 Å². The average Bonchev–Trinajstić information content (AvgIpc) is 3.08. The number of ether oxygens (including phenoxy) is 1. The lowest BCUT2D eigenvalue weighted by molar-refractivity contribution is 0.00882. The number of hydrogen-bond acceptors (Lipinski definition) is 7. The molecule has 2 bridgehead atoms. The van der Waals surface area contributed by atoms with Crippen molar-refractivity contribution in [3.63, 3.8) is 0 Å². The summed E-state index contributed by atoms with van der Waals surface area (Å²) >= 11 is 6.38. The maximum atomic E-state index is 13.3. The van der Waals surface area contributed by atoms with Crippen LogP contribution in [0.5, 0.6) is 5.75 Å². The van der Waals surface area contributed by atoms with Gasteiger partial charge in [0.05, 0.1) is 24.2 Å². The Bertz CT molecular complexity index is 1430. The van der Waals surface area contributed by atoms with Crippen molar-refractivity contribution in [2.45, 2.75) is 69.3 Å². The van der Waals surface area contributed by atoms with E-state index in [-0.39, 0.29) is 29.3 Å². The molecule has 228 valence electrons. The predicted octanol–water partition coefficient (Wildman–Crippen LogP) is 4.44. The Balaban J connectivity index is 1.38. The first-order valence-corrected chi connectivity index (χ1v) is 17.3. The van der Waals surface area contributed by atoms with Gasteiger partial charge in [-0.25, -0.2) is 13.1 Å². The number of fused-ring (bicyclic) bond motifs is 4. The number of nitrogens with zero attached hydrogens (tertiary/aromatic N) is 1. The van der Waals surface area contributed by atoms with E-state index in [1.807, 2.05) is 6.07 Å². The fraction of sp³-hybridized carbons (Fsp3) is 0.594. The highest BCUT2D eigenvalue weighted by atomic mass is 35.5. The van der Waals surface area contributed by atoms with Gasteiger partial charge in [0, 0.05) is 35.7 Å². The molecule has 0 saturated heterocycles. The Kier molecular flexibility index (Phi) is 8.48. The first kappa shape index (κ1) is 29.7. The average molecular weight is 617 g/mol. The van der Waals surface area contributed by atoms with Gasteiger partial charge in [-0.05, 0) is 104 Å². The summed E-state index contributed by atoms with van der Waals surface area (Å²) in [6, 6.07) is 11.3. The number of aliphatic hydroxyl groups excluding tert-OH is 2. The number of carbonyl (C=O) groups is 1. The summed E-state index contributed by atoms with van der Waals surface area (Å²) in [5.41, 5.74) is 3.25. The van der Waals surface area contributed by atoms with Gasteiger partial charge in [0.15, 0.2) is 0 Å². The maximum absolute atomic E-state index is 13.3. The number of hydrogen-bond donors (Lipinski definition) is 3. The smallest absolute Gasteiger partial charge is 0.264 e. The van der Waals surface area contributed by atoms with E-state index in [0.29, 0.717) is 44.1 Å². The molecule has 4 aliphatic rings. The quantitative estimate of drug-likeness (QED) is 0.434. The van der Waals surface area contributed by atoms with Gasteiger partial charge in [-0.2, -0.15) is 0 Å². The van der Waals surface area contributed by atoms with Gasteiger partial charge >= 0.3 is 0 Å². The van der Waals surface area contributed by atoms with E-state index in [9.17, 15) is 23.4 Å². The predicted molar refractivity (Wildman–Crippen MR) is 163 cm³/mol. The Morgan fingerprint density at radius 1 is 1.07 bits per heavy atom. The van der Waals surface area contributed by atoms with Crippen LogP contribution in [-0.4, -0.2) is 62.7 Å². The molecule has 1 saturated carbocycles. The summed E-state index contributed by atoms with van der Waals surface area (Å²) in [7, 11) is -3.96. The Morgan fingerprint density at radius 3 is 2.69 bits per heavy atom. The molecule has 6 rings (SSSR count). The Labute approximate surface area is 253 Å². The molecule has 42 heavy (non-hydrogen) atoms. The highest BCUT2D eigenvalue weighted by molar-refractivity contribution is 7.90. The Hall–Kier alpha value is -2.33. The lowest BCUT2D eigenvalue weighted by Gasteiger charge is -2.45. The fourth-order valence-corrected chi connectivity index (χ4v) is 9.22. The van der Waals surface area contributed by atoms with Crippen LogP contribution >= 0.6 is 11.6 Å². The molecule has 3 N–H and O–H groups in total. The van der Waals surface area contributed by atoms with E-state index in [0.717, 1.165) is 55.8 Å². The number of sulfonamides is 1. The van der Waals surface area contributed by atoms with Crippen molar-refractivity contribution in [3.8, 4) is 5.75 Å². The molecule has 1 unspecified atom stereocenters. The first-order valence-electron chi connectivity index (χ1n) is 15.3. The van der Waals surface area contributed by atoms with Gasteiger partial charge in [0.1, 0.15) is 5.75 Å². The van der Waals surface area contributed by atoms with Crippen LogP contribution in [0.3, 0.4) is 0 Å². The third-order valence-corrected chi connectivity index (χ3v) is 11.7. The van der Waals surface area contributed by atoms with Crippen LogP contribution in [0.25, 0.3) is 0 Å². The highest BCUT2D eigenvalue weighted by Crippen LogP contribution is 2.47. The number of amides is 1. The number of aliphatic hydroxyl groups is 2. The molecule has 2 aromatic rings. The molecule has 5 atom stereocenters. The standard InChI is InChI=1S/C32H41ClN2O6S/c33-25-9-11-27-22(14-25)5-3-13-32(27)19-35-16-24-7-10-26(24)29(37)6-2-1-4-21(17-36)18-42(39,40)34-31(38)23-8-12-30(41-20-32)28(35)15-23/h8-9,11-12,14-15,21,24,26,29,36-37H,1-7,10,13,16-20H2,(H,34,38)/t21?,24-,26+,29-,32-/m0/s1. The summed E-state index contributed by atoms with van der Waals surface area (Å²) in [6.07, 6.45) is 7.19. The highest BCUT2D eigenvalue weighted by Gasteiger charge is 2.44. The zero-order valence-electron chi connectivity index (χ0n) is 23.9. The fourth-order valence-electron chi connectivity index (χ4n) is 7.65. The van der Waals surface area contributed by atoms with Gasteiger partial charge in [0.25, 0.3) is 5.91 Å². The van der Waals surface area contributed by atoms with Crippen LogP contribution in [0.15, 0.2) is 36.4 Å². The van der Waals surface area contributed by atoms with Crippen molar-refractivity contribution in [3.05, 3.63) is 58.1 Å². The lowest BCUT2D eigenvalue weighted by Crippen LogP contribution is -2.49. The van der Waals surface area contributed by atoms with Crippen molar-refractivity contribution < 1.29 is 28.2 Å². The van der Waals surface area contributed by atoms with Gasteiger partial charge in [-0.1, -0.05) is 30.5 Å². The second kappa shape index (κ2) is 12.0. The van der Waals surface area contributed by atoms with E-state index in [1.54, 1.807) is 18.2 Å². The molecule has 2 aliphatic heterocycles. The molecule has 0 radical (unpaired) electrons. The van der Waals surface area contributed by atoms with Crippen LogP contribution in [0, 0.1) is 17.8 Å². The number of benzene rings is 2. The summed E-state index contributed by atoms with van der Waals surface area (Å²) in [4.78, 5) is 15.6. The van der Waals surface area contributed by atoms with Crippen LogP contribution in [-0.2, 0) is 21.9 Å². The van der Waals surface area contributed by atoms with Crippen molar-refractivity contribution >= 4 is 33.2 Å². The molecule has 2 heterocycles. The third kappa shape index (κ3) is 6.03. The molecular weight excluding hydrogens is 576 g/mol. The van der Waals surface area contributed by atoms with Gasteiger partial charge in [-0.15, -0.1) is 0 Å². The molecule has 10 heteroatoms. The molecule has 0 aromatic heterocycles. The van der Waals surface area contributed by atoms with Crippen LogP contribution in [0.4, 0.5) is 5.69 Å². The summed E-state index contributed by atoms with van der Waals surface area (Å²) in [5.74, 6) is -0.319. The second-order valence-corrected chi connectivity index (χ2v) is 15.1. The van der Waals surface area contributed by atoms with E-state index in [2.05, 4.69) is 21.8 Å². The molecule has 2 aliphatic carbocycles. The van der Waals surface area contributed by atoms with E-state index >= 15 is 0 Å². The van der Waals surface area contributed by atoms with Crippen LogP contribution in [0.2, 0.25) is 5.02 Å². The molecular formula is C32H41ClN2O6S. The van der Waals surface area contributed by atoms with Crippen molar-refractivity contribution in [1.82, 2.24) is 4.72 Å². The maximum Gasteiger partial charge on any atom is 0.264 e. The molecule has 2 aromatic carbocycles. The number of anilines is 1. The van der Waals surface area contributed by atoms with Crippen molar-refractivity contribution in [2.24, 2.45) is 17.8 Å². The minimum absolute atomic E-state index is 0.196. The van der Waals surface area contributed by atoms with E-state index < -0.39 is 28.0 Å². The molecule has 1 spiro atoms. The minimum atomic E-state index is -3.96. The molecule has 1 fully saturated rings. The summed E-state index contributed by atoms with van der Waals surface area (Å²) in [5, 5.41) is 21.7. The van der Waals surface area contributed by atoms with Gasteiger partial charge in [-0.3, -0.25) is 4.79 Å². The monoisotopic (exact) mass is 616 g/mol. The van der Waals surface area contributed by atoms with E-state index in [4.69, 9.17) is 16.3 Å². The number of nitrogens with one attached hydrogen (secondary N) is 1. The molecule has 1 amide bonds. The van der Waals surface area contributed by atoms with Gasteiger partial charge in [0.2, 0.25) is 10.0 Å². The largest absolute Gasteiger partial charge is 0.490 e. The lowest BCUT2D eigenvalue weighted by atomic mass is 9.68. The van der Waals surface area contributed by atoms with Crippen LogP contribution in [0.1, 0.15) is 72.9 Å². The zero-order valence-corrected chi connectivity index (χ0v) is 25.5. The number of aryl methyl sites for hydroxylation is 1. The number of halogens is 1. The summed E-state index contributed by atoms with van der Waals surface area (Å²) in [6.45, 7) is 1.63. The van der Waals surface area contributed by atoms with Crippen LogP contribution < -0.4 is 14.4 Å². The topological polar surface area (TPSA) is 116 Å². The Morgan fingerprint density at radius 2 is 1.90 bits per heavy atom. The van der Waals surface area contributed by atoms with Crippen molar-refractivity contribution in [2.75, 3.05) is 37.0 Å². The third-order valence-electron chi connectivity index (χ3n) is 10.0. The summed E-state index contributed by atoms with van der Waals surface area (Å²) < 4.78 is 34.6. The second-order valence-electron chi connectivity index (χ2n) is 12.9. The van der Waals surface area contributed by atoms with Gasteiger partial charge < -0.3 is 19.8 Å². The minimum Gasteiger partial charge on any atom is -0.490 e. The zero-order chi connectivity index (χ0) is 29.5. The first-order chi connectivity index (χ1) is 20.2.